The molecule has 0 fully saturated rings. The number of nitrogens with zero attached hydrogens (tertiary/aromatic N) is 2. The van der Waals surface area contributed by atoms with Crippen molar-refractivity contribution in [2.45, 2.75) is 39.3 Å². The van der Waals surface area contributed by atoms with E-state index in [-0.39, 0.29) is 6.04 Å². The second kappa shape index (κ2) is 6.55. The molecular weight excluding hydrogens is 314 g/mol. The van der Waals surface area contributed by atoms with E-state index >= 15 is 0 Å². The summed E-state index contributed by atoms with van der Waals surface area (Å²) in [6.07, 6.45) is 2.94. The molecule has 0 aliphatic carbocycles. The van der Waals surface area contributed by atoms with Crippen LogP contribution in [0.1, 0.15) is 49.7 Å². The van der Waals surface area contributed by atoms with Crippen LogP contribution in [0.15, 0.2) is 34.9 Å². The van der Waals surface area contributed by atoms with Crippen LogP contribution in [-0.2, 0) is 6.42 Å². The lowest BCUT2D eigenvalue weighted by Gasteiger charge is -2.21. The van der Waals surface area contributed by atoms with Crippen LogP contribution >= 0.6 is 15.9 Å². The van der Waals surface area contributed by atoms with Crippen molar-refractivity contribution in [1.29, 1.82) is 0 Å². The first-order chi connectivity index (χ1) is 9.58. The Kier molecular flexibility index (Phi) is 5.00. The van der Waals surface area contributed by atoms with Gasteiger partial charge in [-0.3, -0.25) is 4.68 Å². The molecule has 1 unspecified atom stereocenters. The van der Waals surface area contributed by atoms with Crippen LogP contribution in [0.4, 0.5) is 0 Å². The zero-order valence-electron chi connectivity index (χ0n) is 12.5. The van der Waals surface area contributed by atoms with Gasteiger partial charge in [0.15, 0.2) is 0 Å². The van der Waals surface area contributed by atoms with Crippen LogP contribution in [0.2, 0.25) is 0 Å². The van der Waals surface area contributed by atoms with Crippen molar-refractivity contribution in [2.24, 2.45) is 0 Å². The second-order valence-electron chi connectivity index (χ2n) is 5.23. The average Bonchev–Trinajstić information content (AvgIpc) is 2.83. The summed E-state index contributed by atoms with van der Waals surface area (Å²) in [5.41, 5.74) is 3.79. The summed E-state index contributed by atoms with van der Waals surface area (Å²) in [5.74, 6) is 0. The van der Waals surface area contributed by atoms with Crippen LogP contribution in [0.25, 0.3) is 0 Å². The zero-order chi connectivity index (χ0) is 14.7. The molecule has 2 rings (SSSR count). The highest BCUT2D eigenvalue weighted by Crippen LogP contribution is 2.30. The van der Waals surface area contributed by atoms with Crippen molar-refractivity contribution in [1.82, 2.24) is 15.1 Å². The molecule has 0 spiro atoms. The average molecular weight is 336 g/mol. The Hall–Kier alpha value is -1.13. The third kappa shape index (κ3) is 2.96. The second-order valence-corrected chi connectivity index (χ2v) is 6.09. The summed E-state index contributed by atoms with van der Waals surface area (Å²) >= 11 is 3.63. The van der Waals surface area contributed by atoms with Gasteiger partial charge in [0.1, 0.15) is 0 Å². The molecule has 1 atom stereocenters. The smallest absolute Gasteiger partial charge is 0.0757 e. The molecule has 0 saturated heterocycles. The van der Waals surface area contributed by atoms with Gasteiger partial charge in [0, 0.05) is 6.04 Å². The third-order valence-corrected chi connectivity index (χ3v) is 4.17. The number of halogens is 1. The lowest BCUT2D eigenvalue weighted by Crippen LogP contribution is -2.22. The maximum atomic E-state index is 4.47. The maximum absolute atomic E-state index is 4.47. The van der Waals surface area contributed by atoms with Crippen LogP contribution in [0, 0.1) is 0 Å². The summed E-state index contributed by atoms with van der Waals surface area (Å²) in [6.45, 7) is 6.47. The molecule has 1 N–H and O–H groups in total. The van der Waals surface area contributed by atoms with Gasteiger partial charge in [-0.1, -0.05) is 31.2 Å². The molecule has 0 bridgehead atoms. The van der Waals surface area contributed by atoms with Crippen molar-refractivity contribution >= 4 is 15.9 Å². The fourth-order valence-electron chi connectivity index (χ4n) is 2.44. The van der Waals surface area contributed by atoms with Gasteiger partial charge in [-0.2, -0.15) is 5.10 Å². The largest absolute Gasteiger partial charge is 0.308 e. The van der Waals surface area contributed by atoms with E-state index in [1.54, 1.807) is 0 Å². The molecule has 1 aromatic heterocycles. The molecule has 108 valence electrons. The van der Waals surface area contributed by atoms with E-state index in [2.05, 4.69) is 76.1 Å². The Labute approximate surface area is 129 Å². The van der Waals surface area contributed by atoms with Gasteiger partial charge in [0.2, 0.25) is 0 Å². The molecule has 1 aromatic carbocycles. The molecule has 0 amide bonds. The number of benzene rings is 1. The first kappa shape index (κ1) is 15.3. The van der Waals surface area contributed by atoms with E-state index in [0.29, 0.717) is 6.04 Å². The van der Waals surface area contributed by atoms with Crippen molar-refractivity contribution in [3.63, 3.8) is 0 Å². The molecule has 4 heteroatoms. The van der Waals surface area contributed by atoms with Crippen LogP contribution < -0.4 is 5.32 Å². The van der Waals surface area contributed by atoms with Crippen LogP contribution in [-0.4, -0.2) is 16.8 Å². The van der Waals surface area contributed by atoms with Crippen molar-refractivity contribution in [2.75, 3.05) is 7.05 Å². The standard InChI is InChI=1S/C16H22BrN3/c1-5-12-6-8-13(9-7-12)15(18-4)16-14(17)10-19-20(16)11(2)3/h6-11,15,18H,5H2,1-4H3. The summed E-state index contributed by atoms with van der Waals surface area (Å²) < 4.78 is 3.11. The lowest BCUT2D eigenvalue weighted by molar-refractivity contribution is 0.483. The van der Waals surface area contributed by atoms with E-state index in [1.807, 2.05) is 13.2 Å². The Bertz CT molecular complexity index is 558. The number of hydrogen-bond donors (Lipinski definition) is 1. The fourth-order valence-corrected chi connectivity index (χ4v) is 2.94. The van der Waals surface area contributed by atoms with Gasteiger partial charge in [0.05, 0.1) is 22.4 Å². The van der Waals surface area contributed by atoms with E-state index in [4.69, 9.17) is 0 Å². The van der Waals surface area contributed by atoms with Crippen molar-refractivity contribution < 1.29 is 0 Å². The molecule has 2 aromatic rings. The monoisotopic (exact) mass is 335 g/mol. The topological polar surface area (TPSA) is 29.9 Å². The Balaban J connectivity index is 2.43. The lowest BCUT2D eigenvalue weighted by atomic mass is 10.0. The predicted molar refractivity (Wildman–Crippen MR) is 87.0 cm³/mol. The molecule has 0 aliphatic rings. The third-order valence-electron chi connectivity index (χ3n) is 3.56. The minimum Gasteiger partial charge on any atom is -0.308 e. The van der Waals surface area contributed by atoms with Gasteiger partial charge in [0.25, 0.3) is 0 Å². The Morgan fingerprint density at radius 3 is 2.40 bits per heavy atom. The van der Waals surface area contributed by atoms with Gasteiger partial charge in [-0.05, 0) is 54.4 Å². The summed E-state index contributed by atoms with van der Waals surface area (Å²) in [7, 11) is 1.99. The Morgan fingerprint density at radius 2 is 1.90 bits per heavy atom. The molecule has 20 heavy (non-hydrogen) atoms. The normalized spacial score (nSPS) is 12.9. The highest BCUT2D eigenvalue weighted by Gasteiger charge is 2.21. The van der Waals surface area contributed by atoms with Crippen LogP contribution in [0.5, 0.6) is 0 Å². The predicted octanol–water partition coefficient (Wildman–Crippen LogP) is 4.10. The highest BCUT2D eigenvalue weighted by atomic mass is 79.9. The molecule has 3 nitrogen and oxygen atoms in total. The van der Waals surface area contributed by atoms with Crippen LogP contribution in [0.3, 0.4) is 0 Å². The number of nitrogens with one attached hydrogen (secondary N) is 1. The molecular formula is C16H22BrN3. The number of aromatic nitrogens is 2. The number of aryl methyl sites for hydroxylation is 1. The molecule has 0 radical (unpaired) electrons. The fraction of sp³-hybridized carbons (Fsp3) is 0.438. The van der Waals surface area contributed by atoms with Crippen molar-refractivity contribution in [3.05, 3.63) is 51.8 Å². The van der Waals surface area contributed by atoms with E-state index in [9.17, 15) is 0 Å². The minimum atomic E-state index is 0.139. The quantitative estimate of drug-likeness (QED) is 0.891. The maximum Gasteiger partial charge on any atom is 0.0757 e. The summed E-state index contributed by atoms with van der Waals surface area (Å²) in [4.78, 5) is 0. The van der Waals surface area contributed by atoms with E-state index in [0.717, 1.165) is 10.9 Å². The number of hydrogen-bond acceptors (Lipinski definition) is 2. The van der Waals surface area contributed by atoms with Gasteiger partial charge in [-0.15, -0.1) is 0 Å². The SMILES string of the molecule is CCc1ccc(C(NC)c2c(Br)cnn2C(C)C)cc1. The molecule has 0 saturated carbocycles. The first-order valence-electron chi connectivity index (χ1n) is 7.07. The molecule has 0 aliphatic heterocycles. The van der Waals surface area contributed by atoms with Gasteiger partial charge in [-0.25, -0.2) is 0 Å². The van der Waals surface area contributed by atoms with Gasteiger partial charge >= 0.3 is 0 Å². The first-order valence-corrected chi connectivity index (χ1v) is 7.86. The summed E-state index contributed by atoms with van der Waals surface area (Å²) in [5, 5.41) is 7.88. The highest BCUT2D eigenvalue weighted by molar-refractivity contribution is 9.10. The zero-order valence-corrected chi connectivity index (χ0v) is 14.1. The van der Waals surface area contributed by atoms with Crippen molar-refractivity contribution in [3.8, 4) is 0 Å². The Morgan fingerprint density at radius 1 is 1.25 bits per heavy atom. The molecule has 1 heterocycles. The van der Waals surface area contributed by atoms with E-state index < -0.39 is 0 Å². The van der Waals surface area contributed by atoms with E-state index in [1.165, 1.54) is 16.8 Å². The van der Waals surface area contributed by atoms with Gasteiger partial charge < -0.3 is 5.32 Å². The summed E-state index contributed by atoms with van der Waals surface area (Å²) in [6, 6.07) is 9.27. The number of rotatable bonds is 5. The minimum absolute atomic E-state index is 0.139.